The van der Waals surface area contributed by atoms with Gasteiger partial charge in [0, 0.05) is 19.6 Å². The van der Waals surface area contributed by atoms with Crippen molar-refractivity contribution < 1.29 is 26.7 Å². The van der Waals surface area contributed by atoms with Crippen LogP contribution in [0.5, 0.6) is 0 Å². The van der Waals surface area contributed by atoms with E-state index in [0.717, 1.165) is 82.3 Å². The molecule has 0 aromatic heterocycles. The molecule has 0 spiro atoms. The summed E-state index contributed by atoms with van der Waals surface area (Å²) in [6.07, 6.45) is 2.32. The molecule has 1 saturated carbocycles. The number of alkyl halides is 3. The Morgan fingerprint density at radius 2 is 1.65 bits per heavy atom. The minimum atomic E-state index is -4.49. The lowest BCUT2D eigenvalue weighted by molar-refractivity contribution is -0.137. The van der Waals surface area contributed by atoms with Crippen LogP contribution in [0.15, 0.2) is 29.2 Å². The van der Waals surface area contributed by atoms with E-state index in [1.807, 2.05) is 0 Å². The van der Waals surface area contributed by atoms with Crippen molar-refractivity contribution in [2.75, 3.05) is 33.3 Å². The largest absolute Gasteiger partial charge is 0.416 e. The third kappa shape index (κ3) is 7.44. The average molecular weight is 465 g/mol. The maximum atomic E-state index is 12.9. The summed E-state index contributed by atoms with van der Waals surface area (Å²) in [5.41, 5.74) is -0.854. The van der Waals surface area contributed by atoms with E-state index in [1.54, 1.807) is 0 Å². The number of sulfonamides is 1. The number of nitrogens with zero attached hydrogens (tertiary/aromatic N) is 2. The Morgan fingerprint density at radius 3 is 2.16 bits per heavy atom. The molecule has 1 fully saturated rings. The van der Waals surface area contributed by atoms with Gasteiger partial charge in [-0.25, -0.2) is 8.42 Å². The summed E-state index contributed by atoms with van der Waals surface area (Å²) in [5.74, 6) is 0.589. The summed E-state index contributed by atoms with van der Waals surface area (Å²) in [4.78, 5) is 2.13. The SMILES string of the molecule is CCN(CCO)CCCCC1CCC(N(C)S(=O)(=O)c2ccc(C(F)(F)F)cc2)CC1. The highest BCUT2D eigenvalue weighted by atomic mass is 32.2. The number of halogens is 3. The predicted molar refractivity (Wildman–Crippen MR) is 115 cm³/mol. The minimum Gasteiger partial charge on any atom is -0.395 e. The highest BCUT2D eigenvalue weighted by Crippen LogP contribution is 2.34. The summed E-state index contributed by atoms with van der Waals surface area (Å²) >= 11 is 0. The Labute approximate surface area is 184 Å². The van der Waals surface area contributed by atoms with Crippen LogP contribution in [0.4, 0.5) is 13.2 Å². The number of hydrogen-bond donors (Lipinski definition) is 1. The fourth-order valence-electron chi connectivity index (χ4n) is 4.31. The van der Waals surface area contributed by atoms with Crippen LogP contribution >= 0.6 is 0 Å². The molecule has 0 atom stereocenters. The second-order valence-corrected chi connectivity index (χ2v) is 10.4. The van der Waals surface area contributed by atoms with Crippen molar-refractivity contribution in [3.05, 3.63) is 29.8 Å². The van der Waals surface area contributed by atoms with E-state index < -0.39 is 21.8 Å². The van der Waals surface area contributed by atoms with Gasteiger partial charge in [0.2, 0.25) is 10.0 Å². The Balaban J connectivity index is 1.82. The molecule has 1 aliphatic rings. The highest BCUT2D eigenvalue weighted by Gasteiger charge is 2.33. The zero-order chi connectivity index (χ0) is 23.1. The Morgan fingerprint density at radius 1 is 1.03 bits per heavy atom. The van der Waals surface area contributed by atoms with E-state index in [4.69, 9.17) is 5.11 Å². The van der Waals surface area contributed by atoms with E-state index in [2.05, 4.69) is 11.8 Å². The molecule has 0 radical (unpaired) electrons. The van der Waals surface area contributed by atoms with Gasteiger partial charge in [0.25, 0.3) is 0 Å². The molecule has 2 rings (SSSR count). The number of likely N-dealkylation sites (N-methyl/N-ethyl adjacent to an activating group) is 1. The summed E-state index contributed by atoms with van der Waals surface area (Å²) in [6, 6.07) is 3.59. The van der Waals surface area contributed by atoms with Gasteiger partial charge in [0.15, 0.2) is 0 Å². The second-order valence-electron chi connectivity index (χ2n) is 8.37. The van der Waals surface area contributed by atoms with Crippen molar-refractivity contribution in [2.45, 2.75) is 69.0 Å². The van der Waals surface area contributed by atoms with Crippen LogP contribution in [0.1, 0.15) is 57.4 Å². The van der Waals surface area contributed by atoms with Crippen LogP contribution in [0.25, 0.3) is 0 Å². The molecule has 0 bridgehead atoms. The van der Waals surface area contributed by atoms with Crippen molar-refractivity contribution >= 4 is 10.0 Å². The lowest BCUT2D eigenvalue weighted by Crippen LogP contribution is -2.39. The van der Waals surface area contributed by atoms with Crippen LogP contribution in [-0.2, 0) is 16.2 Å². The van der Waals surface area contributed by atoms with Gasteiger partial charge in [-0.2, -0.15) is 17.5 Å². The molecule has 1 aromatic rings. The average Bonchev–Trinajstić information content (AvgIpc) is 2.75. The maximum absolute atomic E-state index is 12.9. The van der Waals surface area contributed by atoms with Crippen molar-refractivity contribution in [1.82, 2.24) is 9.21 Å². The van der Waals surface area contributed by atoms with Gasteiger partial charge in [0.05, 0.1) is 17.1 Å². The number of benzene rings is 1. The molecule has 178 valence electrons. The molecular formula is C22H35F3N2O3S. The van der Waals surface area contributed by atoms with Crippen molar-refractivity contribution in [1.29, 1.82) is 0 Å². The van der Waals surface area contributed by atoms with Gasteiger partial charge in [-0.1, -0.05) is 19.8 Å². The second kappa shape index (κ2) is 11.6. The summed E-state index contributed by atoms with van der Waals surface area (Å²) < 4.78 is 65.2. The Hall–Kier alpha value is -1.16. The van der Waals surface area contributed by atoms with Crippen LogP contribution in [-0.4, -0.2) is 62.1 Å². The Bertz CT molecular complexity index is 761. The molecule has 0 aliphatic heterocycles. The van der Waals surface area contributed by atoms with Crippen LogP contribution in [0.3, 0.4) is 0 Å². The zero-order valence-corrected chi connectivity index (χ0v) is 19.3. The van der Waals surface area contributed by atoms with Crippen molar-refractivity contribution in [3.63, 3.8) is 0 Å². The fraction of sp³-hybridized carbons (Fsp3) is 0.727. The molecule has 1 N–H and O–H groups in total. The monoisotopic (exact) mass is 464 g/mol. The summed E-state index contributed by atoms with van der Waals surface area (Å²) in [6.45, 7) is 4.90. The molecule has 0 saturated heterocycles. The van der Waals surface area contributed by atoms with E-state index >= 15 is 0 Å². The normalized spacial score (nSPS) is 20.5. The van der Waals surface area contributed by atoms with Gasteiger partial charge in [-0.15, -0.1) is 0 Å². The first kappa shape index (κ1) is 26.1. The standard InChI is InChI=1S/C22H35F3N2O3S/c1-3-27(16-17-28)15-5-4-6-18-7-11-20(12-8-18)26(2)31(29,30)21-13-9-19(10-14-21)22(23,24)25/h9-10,13-14,18,20,28H,3-8,11-12,15-17H2,1-2H3. The first-order chi connectivity index (χ1) is 14.6. The van der Waals surface area contributed by atoms with Gasteiger partial charge in [-0.3, -0.25) is 0 Å². The van der Waals surface area contributed by atoms with E-state index in [9.17, 15) is 21.6 Å². The molecular weight excluding hydrogens is 429 g/mol. The molecule has 5 nitrogen and oxygen atoms in total. The molecule has 0 unspecified atom stereocenters. The Kier molecular flexibility index (Phi) is 9.79. The first-order valence-electron chi connectivity index (χ1n) is 11.1. The maximum Gasteiger partial charge on any atom is 0.416 e. The lowest BCUT2D eigenvalue weighted by atomic mass is 9.83. The molecule has 0 amide bonds. The number of aliphatic hydroxyl groups is 1. The highest BCUT2D eigenvalue weighted by molar-refractivity contribution is 7.89. The van der Waals surface area contributed by atoms with E-state index in [1.165, 1.54) is 11.4 Å². The van der Waals surface area contributed by atoms with Crippen LogP contribution in [0.2, 0.25) is 0 Å². The third-order valence-electron chi connectivity index (χ3n) is 6.39. The van der Waals surface area contributed by atoms with Crippen LogP contribution in [0, 0.1) is 5.92 Å². The van der Waals surface area contributed by atoms with Gasteiger partial charge in [-0.05, 0) is 75.4 Å². The lowest BCUT2D eigenvalue weighted by Gasteiger charge is -2.34. The summed E-state index contributed by atoms with van der Waals surface area (Å²) in [5, 5.41) is 9.04. The quantitative estimate of drug-likeness (QED) is 0.494. The molecule has 31 heavy (non-hydrogen) atoms. The van der Waals surface area contributed by atoms with Crippen molar-refractivity contribution in [3.8, 4) is 0 Å². The predicted octanol–water partition coefficient (Wildman–Crippen LogP) is 4.37. The number of unbranched alkanes of at least 4 members (excludes halogenated alkanes) is 1. The zero-order valence-electron chi connectivity index (χ0n) is 18.4. The van der Waals surface area contributed by atoms with Gasteiger partial charge < -0.3 is 10.0 Å². The molecule has 9 heteroatoms. The number of rotatable bonds is 11. The van der Waals surface area contributed by atoms with Gasteiger partial charge >= 0.3 is 6.18 Å². The van der Waals surface area contributed by atoms with Crippen LogP contribution < -0.4 is 0 Å². The number of hydrogen-bond acceptors (Lipinski definition) is 4. The summed E-state index contributed by atoms with van der Waals surface area (Å²) in [7, 11) is -2.29. The van der Waals surface area contributed by atoms with Gasteiger partial charge in [0.1, 0.15) is 0 Å². The molecule has 1 aromatic carbocycles. The molecule has 0 heterocycles. The van der Waals surface area contributed by atoms with E-state index in [0.29, 0.717) is 12.5 Å². The minimum absolute atomic E-state index is 0.103. The topological polar surface area (TPSA) is 60.9 Å². The number of aliphatic hydroxyl groups excluding tert-OH is 1. The third-order valence-corrected chi connectivity index (χ3v) is 8.31. The first-order valence-corrected chi connectivity index (χ1v) is 12.5. The smallest absolute Gasteiger partial charge is 0.395 e. The van der Waals surface area contributed by atoms with E-state index in [-0.39, 0.29) is 17.5 Å². The fourth-order valence-corrected chi connectivity index (χ4v) is 5.73. The van der Waals surface area contributed by atoms with Crippen molar-refractivity contribution in [2.24, 2.45) is 5.92 Å². The molecule has 1 aliphatic carbocycles.